The summed E-state index contributed by atoms with van der Waals surface area (Å²) in [5.74, 6) is 0.758. The Hall–Kier alpha value is -0.0200. The number of hydrogen-bond donors (Lipinski definition) is 1. The van der Waals surface area contributed by atoms with E-state index < -0.39 is 0 Å². The maximum Gasteiger partial charge on any atom is 0.140 e. The quantitative estimate of drug-likeness (QED) is 0.716. The average molecular weight is 218 g/mol. The van der Waals surface area contributed by atoms with Crippen LogP contribution in [-0.2, 0) is 4.79 Å². The fraction of sp³-hybridized carbons (Fsp3) is 0.909. The summed E-state index contributed by atoms with van der Waals surface area (Å²) in [6.07, 6.45) is 1.34. The lowest BCUT2D eigenvalue weighted by molar-refractivity contribution is -0.133. The van der Waals surface area contributed by atoms with Gasteiger partial charge < -0.3 is 4.55 Å². The van der Waals surface area contributed by atoms with Crippen molar-refractivity contribution >= 4 is 17.8 Å². The minimum Gasteiger partial charge on any atom is -0.330 e. The van der Waals surface area contributed by atoms with E-state index >= 15 is 0 Å². The number of carbonyl (C=O) groups excluding carboxylic acids is 1. The van der Waals surface area contributed by atoms with Crippen LogP contribution in [0.4, 0.5) is 0 Å². The molecule has 0 amide bonds. The Morgan fingerprint density at radius 1 is 1.29 bits per heavy atom. The van der Waals surface area contributed by atoms with Gasteiger partial charge in [-0.3, -0.25) is 4.79 Å². The van der Waals surface area contributed by atoms with Crippen LogP contribution in [0.15, 0.2) is 0 Å². The highest BCUT2D eigenvalue weighted by Crippen LogP contribution is 2.45. The molecule has 1 atom stereocenters. The summed E-state index contributed by atoms with van der Waals surface area (Å²) in [6.45, 7) is 10.1. The molecule has 0 aliphatic heterocycles. The minimum absolute atomic E-state index is 0.0927. The fourth-order valence-corrected chi connectivity index (χ4v) is 3.01. The van der Waals surface area contributed by atoms with Crippen LogP contribution in [0.5, 0.6) is 0 Å². The van der Waals surface area contributed by atoms with Gasteiger partial charge in [-0.2, -0.15) is 0 Å². The summed E-state index contributed by atoms with van der Waals surface area (Å²) < 4.78 is 9.01. The Bertz CT molecular complexity index is 196. The van der Waals surface area contributed by atoms with Gasteiger partial charge in [0.15, 0.2) is 0 Å². The van der Waals surface area contributed by atoms with Crippen LogP contribution in [0.1, 0.15) is 47.5 Å². The van der Waals surface area contributed by atoms with E-state index in [4.69, 9.17) is 4.55 Å². The molecule has 1 unspecified atom stereocenters. The van der Waals surface area contributed by atoms with E-state index in [1.807, 2.05) is 13.8 Å². The first-order valence-electron chi connectivity index (χ1n) is 5.15. The van der Waals surface area contributed by atoms with Crippen molar-refractivity contribution in [3.8, 4) is 0 Å². The second-order valence-electron chi connectivity index (χ2n) is 4.74. The van der Waals surface area contributed by atoms with Crippen molar-refractivity contribution in [2.24, 2.45) is 10.8 Å². The summed E-state index contributed by atoms with van der Waals surface area (Å²) >= 11 is 0.783. The first-order valence-corrected chi connectivity index (χ1v) is 6.09. The Kier molecular flexibility index (Phi) is 5.16. The predicted octanol–water partition coefficient (Wildman–Crippen LogP) is 3.61. The highest BCUT2D eigenvalue weighted by atomic mass is 32.2. The lowest BCUT2D eigenvalue weighted by Crippen LogP contribution is -2.44. The van der Waals surface area contributed by atoms with Crippen LogP contribution >= 0.6 is 12.0 Å². The normalized spacial score (nSPS) is 16.4. The third-order valence-corrected chi connectivity index (χ3v) is 3.83. The standard InChI is InChI=1S/C11H22O2S/c1-6-9(12)11(7-2,8-14-13)10(3,4)5/h13H,6-8H2,1-5H3. The van der Waals surface area contributed by atoms with Crippen LogP contribution in [0, 0.1) is 10.8 Å². The molecule has 14 heavy (non-hydrogen) atoms. The summed E-state index contributed by atoms with van der Waals surface area (Å²) in [5, 5.41) is 0. The van der Waals surface area contributed by atoms with Gasteiger partial charge in [0.05, 0.1) is 0 Å². The zero-order valence-corrected chi connectivity index (χ0v) is 10.7. The SMILES string of the molecule is CCC(=O)C(CC)(CSO)C(C)(C)C. The van der Waals surface area contributed by atoms with Crippen molar-refractivity contribution in [1.29, 1.82) is 0 Å². The number of carbonyl (C=O) groups is 1. The molecule has 0 aliphatic rings. The number of rotatable bonds is 5. The smallest absolute Gasteiger partial charge is 0.140 e. The van der Waals surface area contributed by atoms with Crippen molar-refractivity contribution in [2.45, 2.75) is 47.5 Å². The molecule has 0 aromatic heterocycles. The van der Waals surface area contributed by atoms with Crippen LogP contribution in [0.3, 0.4) is 0 Å². The van der Waals surface area contributed by atoms with Gasteiger partial charge in [-0.1, -0.05) is 34.6 Å². The largest absolute Gasteiger partial charge is 0.330 e. The van der Waals surface area contributed by atoms with Gasteiger partial charge in [0.2, 0.25) is 0 Å². The molecule has 0 saturated heterocycles. The summed E-state index contributed by atoms with van der Waals surface area (Å²) in [7, 11) is 0. The summed E-state index contributed by atoms with van der Waals surface area (Å²) in [5.41, 5.74) is -0.480. The monoisotopic (exact) mass is 218 g/mol. The number of ketones is 1. The zero-order valence-electron chi connectivity index (χ0n) is 9.89. The maximum absolute atomic E-state index is 12.0. The molecule has 3 heteroatoms. The van der Waals surface area contributed by atoms with Gasteiger partial charge in [-0.05, 0) is 23.9 Å². The van der Waals surface area contributed by atoms with E-state index in [1.54, 1.807) is 0 Å². The highest BCUT2D eigenvalue weighted by Gasteiger charge is 2.45. The topological polar surface area (TPSA) is 37.3 Å². The second kappa shape index (κ2) is 5.17. The predicted molar refractivity (Wildman–Crippen MR) is 62.6 cm³/mol. The van der Waals surface area contributed by atoms with E-state index in [1.165, 1.54) is 0 Å². The average Bonchev–Trinajstić information content (AvgIpc) is 2.11. The van der Waals surface area contributed by atoms with Crippen LogP contribution in [0.25, 0.3) is 0 Å². The van der Waals surface area contributed by atoms with Crippen LogP contribution in [-0.4, -0.2) is 16.1 Å². The Morgan fingerprint density at radius 2 is 1.79 bits per heavy atom. The zero-order chi connectivity index (χ0) is 11.4. The molecule has 2 nitrogen and oxygen atoms in total. The molecule has 0 rings (SSSR count). The van der Waals surface area contributed by atoms with Gasteiger partial charge >= 0.3 is 0 Å². The third kappa shape index (κ3) is 2.51. The second-order valence-corrected chi connectivity index (χ2v) is 5.28. The Morgan fingerprint density at radius 3 is 2.00 bits per heavy atom. The van der Waals surface area contributed by atoms with Crippen molar-refractivity contribution in [3.05, 3.63) is 0 Å². The first kappa shape index (κ1) is 14.0. The molecule has 84 valence electrons. The van der Waals surface area contributed by atoms with E-state index in [2.05, 4.69) is 20.8 Å². The number of hydrogen-bond acceptors (Lipinski definition) is 3. The lowest BCUT2D eigenvalue weighted by Gasteiger charge is -2.42. The van der Waals surface area contributed by atoms with Gasteiger partial charge in [0.1, 0.15) is 5.78 Å². The van der Waals surface area contributed by atoms with E-state index in [9.17, 15) is 4.79 Å². The lowest BCUT2D eigenvalue weighted by atomic mass is 9.63. The van der Waals surface area contributed by atoms with Crippen LogP contribution in [0.2, 0.25) is 0 Å². The molecule has 0 radical (unpaired) electrons. The maximum atomic E-state index is 12.0. The molecule has 0 aromatic rings. The van der Waals surface area contributed by atoms with E-state index in [-0.39, 0.29) is 16.6 Å². The molecule has 1 N–H and O–H groups in total. The van der Waals surface area contributed by atoms with Crippen molar-refractivity contribution in [1.82, 2.24) is 0 Å². The van der Waals surface area contributed by atoms with E-state index in [0.29, 0.717) is 12.2 Å². The summed E-state index contributed by atoms with van der Waals surface area (Å²) in [4.78, 5) is 12.0. The Balaban J connectivity index is 5.08. The van der Waals surface area contributed by atoms with Crippen molar-refractivity contribution in [3.63, 3.8) is 0 Å². The van der Waals surface area contributed by atoms with Gasteiger partial charge in [0, 0.05) is 17.6 Å². The molecular formula is C11H22O2S. The molecule has 0 heterocycles. The molecule has 0 aromatic carbocycles. The van der Waals surface area contributed by atoms with Crippen LogP contribution < -0.4 is 0 Å². The summed E-state index contributed by atoms with van der Waals surface area (Å²) in [6, 6.07) is 0. The number of Topliss-reactive ketones (excluding diaryl/α,β-unsaturated/α-hetero) is 1. The molecule has 0 spiro atoms. The fourth-order valence-electron chi connectivity index (χ4n) is 1.99. The van der Waals surface area contributed by atoms with Crippen molar-refractivity contribution in [2.75, 3.05) is 5.75 Å². The van der Waals surface area contributed by atoms with E-state index in [0.717, 1.165) is 18.5 Å². The molecule has 0 saturated carbocycles. The molecular weight excluding hydrogens is 196 g/mol. The molecule has 0 aliphatic carbocycles. The molecule has 0 bridgehead atoms. The van der Waals surface area contributed by atoms with Crippen molar-refractivity contribution < 1.29 is 9.35 Å². The minimum atomic E-state index is -0.388. The Labute approximate surface area is 91.7 Å². The van der Waals surface area contributed by atoms with Gasteiger partial charge in [0.25, 0.3) is 0 Å². The highest BCUT2D eigenvalue weighted by molar-refractivity contribution is 7.93. The molecule has 0 fully saturated rings. The third-order valence-electron chi connectivity index (χ3n) is 3.21. The van der Waals surface area contributed by atoms with Gasteiger partial charge in [-0.25, -0.2) is 0 Å². The first-order chi connectivity index (χ1) is 6.35. The van der Waals surface area contributed by atoms with Gasteiger partial charge in [-0.15, -0.1) is 0 Å².